The van der Waals surface area contributed by atoms with E-state index in [-0.39, 0.29) is 22.9 Å². The summed E-state index contributed by atoms with van der Waals surface area (Å²) >= 11 is 0. The maximum absolute atomic E-state index is 11.6. The first-order valence-corrected chi connectivity index (χ1v) is 9.06. The van der Waals surface area contributed by atoms with Crippen molar-refractivity contribution in [3.8, 4) is 5.75 Å². The predicted octanol–water partition coefficient (Wildman–Crippen LogP) is 3.49. The Labute approximate surface area is 168 Å². The summed E-state index contributed by atoms with van der Waals surface area (Å²) in [5, 5.41) is 19.9. The van der Waals surface area contributed by atoms with Crippen LogP contribution in [0.25, 0.3) is 0 Å². The third kappa shape index (κ3) is 4.81. The Hall–Kier alpha value is -3.62. The van der Waals surface area contributed by atoms with E-state index < -0.39 is 5.97 Å². The Morgan fingerprint density at radius 1 is 1.24 bits per heavy atom. The first-order valence-electron chi connectivity index (χ1n) is 9.06. The van der Waals surface area contributed by atoms with Crippen LogP contribution >= 0.6 is 0 Å². The summed E-state index contributed by atoms with van der Waals surface area (Å²) in [6.45, 7) is 6.48. The van der Waals surface area contributed by atoms with Crippen molar-refractivity contribution in [2.75, 3.05) is 17.7 Å². The number of aromatic carboxylic acids is 1. The fourth-order valence-corrected chi connectivity index (χ4v) is 2.64. The van der Waals surface area contributed by atoms with Gasteiger partial charge in [-0.1, -0.05) is 18.2 Å². The second-order valence-corrected chi connectivity index (χ2v) is 7.40. The van der Waals surface area contributed by atoms with Crippen molar-refractivity contribution in [2.45, 2.75) is 32.9 Å². The number of nitrogens with one attached hydrogen (secondary N) is 2. The van der Waals surface area contributed by atoms with Crippen molar-refractivity contribution in [3.63, 3.8) is 0 Å². The van der Waals surface area contributed by atoms with E-state index in [0.717, 1.165) is 5.56 Å². The molecule has 3 rings (SSSR count). The van der Waals surface area contributed by atoms with Gasteiger partial charge >= 0.3 is 5.97 Å². The topological polar surface area (TPSA) is 114 Å². The van der Waals surface area contributed by atoms with E-state index in [0.29, 0.717) is 18.0 Å². The highest BCUT2D eigenvalue weighted by Crippen LogP contribution is 2.22. The normalized spacial score (nSPS) is 11.2. The van der Waals surface area contributed by atoms with E-state index in [1.54, 1.807) is 13.3 Å². The molecular weight excluding hydrogens is 372 g/mol. The van der Waals surface area contributed by atoms with Gasteiger partial charge in [-0.05, 0) is 26.8 Å². The lowest BCUT2D eigenvalue weighted by Gasteiger charge is -2.18. The molecule has 2 heterocycles. The number of ether oxygens (including phenoxy) is 1. The van der Waals surface area contributed by atoms with E-state index in [1.165, 1.54) is 6.20 Å². The van der Waals surface area contributed by atoms with Gasteiger partial charge in [0.2, 0.25) is 5.95 Å². The Morgan fingerprint density at radius 2 is 2.00 bits per heavy atom. The van der Waals surface area contributed by atoms with Crippen LogP contribution in [0.5, 0.6) is 5.75 Å². The van der Waals surface area contributed by atoms with Gasteiger partial charge in [-0.2, -0.15) is 10.1 Å². The van der Waals surface area contributed by atoms with Gasteiger partial charge in [-0.25, -0.2) is 9.78 Å². The molecule has 9 nitrogen and oxygen atoms in total. The van der Waals surface area contributed by atoms with E-state index in [1.807, 2.05) is 55.9 Å². The lowest BCUT2D eigenvalue weighted by Crippen LogP contribution is -2.21. The minimum Gasteiger partial charge on any atom is -0.496 e. The van der Waals surface area contributed by atoms with Crippen LogP contribution in [0.3, 0.4) is 0 Å². The molecule has 0 aliphatic rings. The average molecular weight is 396 g/mol. The summed E-state index contributed by atoms with van der Waals surface area (Å²) in [5.74, 6) is 0.0774. The number of carboxylic acids is 1. The van der Waals surface area contributed by atoms with Crippen LogP contribution in [0.1, 0.15) is 36.7 Å². The van der Waals surface area contributed by atoms with Gasteiger partial charge in [0, 0.05) is 24.5 Å². The molecule has 0 unspecified atom stereocenters. The molecule has 0 saturated carbocycles. The van der Waals surface area contributed by atoms with Gasteiger partial charge in [0.15, 0.2) is 0 Å². The minimum absolute atomic E-state index is 0.0177. The fourth-order valence-electron chi connectivity index (χ4n) is 2.64. The smallest absolute Gasteiger partial charge is 0.341 e. The Balaban J connectivity index is 1.82. The SMILES string of the molecule is COc1ccccc1CNc1nc(Nc2cnn(C(C)(C)C)c2)ncc1C(=O)O. The van der Waals surface area contributed by atoms with Crippen LogP contribution < -0.4 is 15.4 Å². The molecule has 0 radical (unpaired) electrons. The molecule has 0 saturated heterocycles. The highest BCUT2D eigenvalue weighted by Gasteiger charge is 2.17. The monoisotopic (exact) mass is 396 g/mol. The lowest BCUT2D eigenvalue weighted by atomic mass is 10.1. The Morgan fingerprint density at radius 3 is 2.66 bits per heavy atom. The summed E-state index contributed by atoms with van der Waals surface area (Å²) in [4.78, 5) is 20.0. The van der Waals surface area contributed by atoms with Crippen molar-refractivity contribution in [3.05, 3.63) is 54.0 Å². The van der Waals surface area contributed by atoms with Crippen LogP contribution in [0.4, 0.5) is 17.5 Å². The molecule has 1 aromatic carbocycles. The summed E-state index contributed by atoms with van der Waals surface area (Å²) in [6.07, 6.45) is 4.79. The minimum atomic E-state index is -1.11. The zero-order chi connectivity index (χ0) is 21.0. The second kappa shape index (κ2) is 8.17. The number of rotatable bonds is 7. The Bertz CT molecular complexity index is 1010. The average Bonchev–Trinajstić information content (AvgIpc) is 3.15. The molecule has 9 heteroatoms. The van der Waals surface area contributed by atoms with E-state index in [9.17, 15) is 9.90 Å². The van der Waals surface area contributed by atoms with Crippen molar-refractivity contribution >= 4 is 23.4 Å². The van der Waals surface area contributed by atoms with Crippen molar-refractivity contribution in [1.29, 1.82) is 0 Å². The van der Waals surface area contributed by atoms with Crippen molar-refractivity contribution < 1.29 is 14.6 Å². The third-order valence-electron chi connectivity index (χ3n) is 4.18. The van der Waals surface area contributed by atoms with Crippen LogP contribution in [-0.4, -0.2) is 37.9 Å². The Kier molecular flexibility index (Phi) is 5.67. The van der Waals surface area contributed by atoms with Crippen LogP contribution in [0.2, 0.25) is 0 Å². The lowest BCUT2D eigenvalue weighted by molar-refractivity contribution is 0.0697. The summed E-state index contributed by atoms with van der Waals surface area (Å²) in [5.41, 5.74) is 1.41. The van der Waals surface area contributed by atoms with Crippen LogP contribution in [0.15, 0.2) is 42.9 Å². The molecule has 29 heavy (non-hydrogen) atoms. The number of hydrogen-bond acceptors (Lipinski definition) is 7. The molecule has 3 aromatic rings. The number of methoxy groups -OCH3 is 1. The summed E-state index contributed by atoms with van der Waals surface area (Å²) < 4.78 is 7.15. The number of carboxylic acid groups (broad SMARTS) is 1. The number of hydrogen-bond donors (Lipinski definition) is 3. The molecule has 0 fully saturated rings. The van der Waals surface area contributed by atoms with Gasteiger partial charge in [-0.3, -0.25) is 4.68 Å². The van der Waals surface area contributed by atoms with Crippen molar-refractivity contribution in [1.82, 2.24) is 19.7 Å². The molecule has 0 spiro atoms. The maximum Gasteiger partial charge on any atom is 0.341 e. The molecule has 0 amide bonds. The van der Waals surface area contributed by atoms with Gasteiger partial charge in [0.25, 0.3) is 0 Å². The van der Waals surface area contributed by atoms with Gasteiger partial charge in [0.05, 0.1) is 24.5 Å². The summed E-state index contributed by atoms with van der Waals surface area (Å²) in [7, 11) is 1.59. The second-order valence-electron chi connectivity index (χ2n) is 7.40. The quantitative estimate of drug-likeness (QED) is 0.556. The van der Waals surface area contributed by atoms with Crippen LogP contribution in [0, 0.1) is 0 Å². The fraction of sp³-hybridized carbons (Fsp3) is 0.300. The summed E-state index contributed by atoms with van der Waals surface area (Å²) in [6, 6.07) is 7.50. The molecule has 0 aliphatic heterocycles. The zero-order valence-corrected chi connectivity index (χ0v) is 16.8. The van der Waals surface area contributed by atoms with Gasteiger partial charge in [-0.15, -0.1) is 0 Å². The van der Waals surface area contributed by atoms with E-state index in [2.05, 4.69) is 25.7 Å². The molecule has 152 valence electrons. The molecule has 2 aromatic heterocycles. The molecule has 0 atom stereocenters. The number of para-hydroxylation sites is 1. The number of aromatic nitrogens is 4. The van der Waals surface area contributed by atoms with Gasteiger partial charge in [0.1, 0.15) is 17.1 Å². The highest BCUT2D eigenvalue weighted by molar-refractivity contribution is 5.93. The standard InChI is InChI=1S/C20H24N6O3/c1-20(2,3)26-12-14(10-23-26)24-19-22-11-15(18(27)28)17(25-19)21-9-13-7-5-6-8-16(13)29-4/h5-8,10-12H,9H2,1-4H3,(H,27,28)(H2,21,22,24,25). The third-order valence-corrected chi connectivity index (χ3v) is 4.18. The molecule has 0 bridgehead atoms. The van der Waals surface area contributed by atoms with Crippen molar-refractivity contribution in [2.24, 2.45) is 0 Å². The number of benzene rings is 1. The number of nitrogens with zero attached hydrogens (tertiary/aromatic N) is 4. The van der Waals surface area contributed by atoms with Crippen LogP contribution in [-0.2, 0) is 12.1 Å². The highest BCUT2D eigenvalue weighted by atomic mass is 16.5. The zero-order valence-electron chi connectivity index (χ0n) is 16.8. The van der Waals surface area contributed by atoms with E-state index in [4.69, 9.17) is 4.74 Å². The van der Waals surface area contributed by atoms with E-state index >= 15 is 0 Å². The molecule has 0 aliphatic carbocycles. The number of anilines is 3. The maximum atomic E-state index is 11.6. The first kappa shape index (κ1) is 20.1. The molecule has 3 N–H and O–H groups in total. The van der Waals surface area contributed by atoms with Gasteiger partial charge < -0.3 is 20.5 Å². The first-order chi connectivity index (χ1) is 13.8. The predicted molar refractivity (Wildman–Crippen MR) is 110 cm³/mol. The number of carbonyl (C=O) groups is 1. The molecular formula is C20H24N6O3. The largest absolute Gasteiger partial charge is 0.496 e.